The van der Waals surface area contributed by atoms with Crippen LogP contribution in [0, 0.1) is 11.7 Å². The summed E-state index contributed by atoms with van der Waals surface area (Å²) in [5.74, 6) is 0.463. The molecule has 1 N–H and O–H groups in total. The Morgan fingerprint density at radius 3 is 2.67 bits per heavy atom. The molecule has 4 heteroatoms. The van der Waals surface area contributed by atoms with Gasteiger partial charge in [-0.15, -0.1) is 0 Å². The van der Waals surface area contributed by atoms with Crippen LogP contribution in [0.4, 0.5) is 4.39 Å². The van der Waals surface area contributed by atoms with E-state index in [0.717, 1.165) is 32.1 Å². The molecule has 3 atom stereocenters. The number of amides is 1. The maximum atomic E-state index is 14.2. The number of halogens is 1. The van der Waals surface area contributed by atoms with Gasteiger partial charge in [-0.05, 0) is 37.7 Å². The zero-order valence-corrected chi connectivity index (χ0v) is 12.3. The lowest BCUT2D eigenvalue weighted by atomic mass is 10.0. The Kier molecular flexibility index (Phi) is 2.86. The number of hydrogen-bond donors (Lipinski definition) is 1. The molecular weight excluding hydrogens is 267 g/mol. The van der Waals surface area contributed by atoms with Crippen molar-refractivity contribution in [2.45, 2.75) is 56.8 Å². The monoisotopic (exact) mass is 288 g/mol. The van der Waals surface area contributed by atoms with Crippen LogP contribution in [0.5, 0.6) is 0 Å². The first-order chi connectivity index (χ1) is 10.1. The van der Waals surface area contributed by atoms with Crippen molar-refractivity contribution in [1.29, 1.82) is 0 Å². The van der Waals surface area contributed by atoms with Crippen LogP contribution in [0.3, 0.4) is 0 Å². The molecule has 3 nitrogen and oxygen atoms in total. The summed E-state index contributed by atoms with van der Waals surface area (Å²) in [4.78, 5) is 14.8. The van der Waals surface area contributed by atoms with E-state index in [4.69, 9.17) is 0 Å². The third kappa shape index (κ3) is 1.92. The molecular formula is C17H21FN2O. The van der Waals surface area contributed by atoms with Crippen LogP contribution in [-0.4, -0.2) is 22.4 Å². The summed E-state index contributed by atoms with van der Waals surface area (Å²) in [6.07, 6.45) is 4.82. The third-order valence-corrected chi connectivity index (χ3v) is 5.46. The molecule has 0 aromatic heterocycles. The van der Waals surface area contributed by atoms with Gasteiger partial charge in [-0.25, -0.2) is 4.39 Å². The highest BCUT2D eigenvalue weighted by atomic mass is 19.1. The van der Waals surface area contributed by atoms with Crippen molar-refractivity contribution in [3.63, 3.8) is 0 Å². The number of nitrogens with one attached hydrogen (secondary N) is 1. The summed E-state index contributed by atoms with van der Waals surface area (Å²) >= 11 is 0. The number of carbonyl (C=O) groups is 1. The van der Waals surface area contributed by atoms with Crippen LogP contribution in [0.2, 0.25) is 0 Å². The van der Waals surface area contributed by atoms with Gasteiger partial charge >= 0.3 is 0 Å². The van der Waals surface area contributed by atoms with Crippen molar-refractivity contribution in [3.8, 4) is 0 Å². The van der Waals surface area contributed by atoms with Gasteiger partial charge < -0.3 is 4.90 Å². The van der Waals surface area contributed by atoms with Gasteiger partial charge in [0.2, 0.25) is 5.91 Å². The summed E-state index contributed by atoms with van der Waals surface area (Å²) < 4.78 is 14.2. The van der Waals surface area contributed by atoms with Crippen LogP contribution in [0.1, 0.15) is 50.8 Å². The molecule has 4 rings (SSSR count). The molecule has 1 amide bonds. The number of nitrogens with zero attached hydrogens (tertiary/aromatic N) is 1. The number of hydrogen-bond acceptors (Lipinski definition) is 2. The Bertz CT molecular complexity index is 584. The lowest BCUT2D eigenvalue weighted by molar-refractivity contribution is -0.133. The molecule has 0 bridgehead atoms. The summed E-state index contributed by atoms with van der Waals surface area (Å²) in [6.45, 7) is 2.21. The van der Waals surface area contributed by atoms with Gasteiger partial charge in [0.05, 0.1) is 0 Å². The topological polar surface area (TPSA) is 32.3 Å². The fraction of sp³-hybridized carbons (Fsp3) is 0.588. The number of carbonyl (C=O) groups excluding carboxylic acids is 1. The molecule has 1 heterocycles. The minimum atomic E-state index is -0.394. The van der Waals surface area contributed by atoms with Crippen LogP contribution in [-0.2, 0) is 4.79 Å². The van der Waals surface area contributed by atoms with Crippen molar-refractivity contribution < 1.29 is 9.18 Å². The van der Waals surface area contributed by atoms with Crippen molar-refractivity contribution >= 4 is 5.91 Å². The highest BCUT2D eigenvalue weighted by molar-refractivity contribution is 5.92. The van der Waals surface area contributed by atoms with Gasteiger partial charge in [0, 0.05) is 11.6 Å². The predicted octanol–water partition coefficient (Wildman–Crippen LogP) is 2.98. The van der Waals surface area contributed by atoms with Gasteiger partial charge in [-0.1, -0.05) is 31.5 Å². The second-order valence-corrected chi connectivity index (χ2v) is 6.84. The zero-order chi connectivity index (χ0) is 14.6. The van der Waals surface area contributed by atoms with Crippen LogP contribution in [0.15, 0.2) is 24.3 Å². The number of rotatable bonds is 2. The quantitative estimate of drug-likeness (QED) is 0.907. The Hall–Kier alpha value is -1.42. The van der Waals surface area contributed by atoms with Crippen LogP contribution < -0.4 is 5.32 Å². The van der Waals surface area contributed by atoms with Crippen molar-refractivity contribution in [2.75, 3.05) is 0 Å². The molecule has 0 radical (unpaired) electrons. The molecule has 21 heavy (non-hydrogen) atoms. The van der Waals surface area contributed by atoms with Crippen LogP contribution >= 0.6 is 0 Å². The maximum absolute atomic E-state index is 14.2. The fourth-order valence-electron chi connectivity index (χ4n) is 4.05. The molecule has 1 aromatic rings. The Morgan fingerprint density at radius 1 is 1.29 bits per heavy atom. The Balaban J connectivity index is 1.74. The average molecular weight is 288 g/mol. The second-order valence-electron chi connectivity index (χ2n) is 6.84. The van der Waals surface area contributed by atoms with E-state index < -0.39 is 5.54 Å². The maximum Gasteiger partial charge on any atom is 0.244 e. The van der Waals surface area contributed by atoms with E-state index in [0.29, 0.717) is 11.5 Å². The van der Waals surface area contributed by atoms with E-state index >= 15 is 0 Å². The first kappa shape index (κ1) is 13.3. The van der Waals surface area contributed by atoms with E-state index in [1.807, 2.05) is 11.0 Å². The minimum Gasteiger partial charge on any atom is -0.318 e. The van der Waals surface area contributed by atoms with Gasteiger partial charge in [0.25, 0.3) is 0 Å². The Morgan fingerprint density at radius 2 is 2.05 bits per heavy atom. The molecule has 3 aliphatic rings. The largest absolute Gasteiger partial charge is 0.318 e. The molecule has 2 aliphatic carbocycles. The van der Waals surface area contributed by atoms with Crippen LogP contribution in [0.25, 0.3) is 0 Å². The molecule has 112 valence electrons. The van der Waals surface area contributed by atoms with E-state index in [-0.39, 0.29) is 23.9 Å². The molecule has 1 aliphatic heterocycles. The average Bonchev–Trinajstić information content (AvgIpc) is 3.06. The zero-order valence-electron chi connectivity index (χ0n) is 12.3. The highest BCUT2D eigenvalue weighted by Gasteiger charge is 2.61. The second kappa shape index (κ2) is 4.54. The summed E-state index contributed by atoms with van der Waals surface area (Å²) in [6, 6.07) is 7.07. The Labute approximate surface area is 124 Å². The lowest BCUT2D eigenvalue weighted by Crippen LogP contribution is -2.42. The van der Waals surface area contributed by atoms with Crippen molar-refractivity contribution in [3.05, 3.63) is 35.6 Å². The highest BCUT2D eigenvalue weighted by Crippen LogP contribution is 2.49. The first-order valence-electron chi connectivity index (χ1n) is 7.97. The molecule has 1 spiro atoms. The van der Waals surface area contributed by atoms with Crippen molar-refractivity contribution in [1.82, 2.24) is 10.2 Å². The first-order valence-corrected chi connectivity index (χ1v) is 7.97. The molecule has 3 unspecified atom stereocenters. The van der Waals surface area contributed by atoms with E-state index in [9.17, 15) is 9.18 Å². The summed E-state index contributed by atoms with van der Waals surface area (Å²) in [7, 11) is 0. The van der Waals surface area contributed by atoms with Gasteiger partial charge in [-0.2, -0.15) is 0 Å². The SMILES string of the molecule is CC1CCCC1N1C(=O)C2(CC2)NC1c1ccccc1F. The minimum absolute atomic E-state index is 0.189. The van der Waals surface area contributed by atoms with E-state index in [1.54, 1.807) is 12.1 Å². The van der Waals surface area contributed by atoms with E-state index in [1.165, 1.54) is 6.07 Å². The van der Waals surface area contributed by atoms with E-state index in [2.05, 4.69) is 12.2 Å². The third-order valence-electron chi connectivity index (χ3n) is 5.46. The molecule has 3 fully saturated rings. The summed E-state index contributed by atoms with van der Waals surface area (Å²) in [5, 5.41) is 3.43. The number of benzene rings is 1. The smallest absolute Gasteiger partial charge is 0.244 e. The fourth-order valence-corrected chi connectivity index (χ4v) is 4.05. The molecule has 1 aromatic carbocycles. The van der Waals surface area contributed by atoms with Crippen molar-refractivity contribution in [2.24, 2.45) is 5.92 Å². The summed E-state index contributed by atoms with van der Waals surface area (Å²) in [5.41, 5.74) is 0.212. The molecule has 1 saturated heterocycles. The van der Waals surface area contributed by atoms with Gasteiger partial charge in [0.1, 0.15) is 17.5 Å². The van der Waals surface area contributed by atoms with Gasteiger partial charge in [-0.3, -0.25) is 10.1 Å². The van der Waals surface area contributed by atoms with Gasteiger partial charge in [0.15, 0.2) is 0 Å². The lowest BCUT2D eigenvalue weighted by Gasteiger charge is -2.33. The predicted molar refractivity (Wildman–Crippen MR) is 77.9 cm³/mol. The molecule has 2 saturated carbocycles. The normalized spacial score (nSPS) is 33.9. The standard InChI is InChI=1S/C17H21FN2O/c1-11-5-4-8-14(11)20-15(12-6-2-3-7-13(12)18)19-17(9-10-17)16(20)21/h2-3,6-7,11,14-15,19H,4-5,8-10H2,1H3.